The van der Waals surface area contributed by atoms with Gasteiger partial charge in [0.25, 0.3) is 0 Å². The van der Waals surface area contributed by atoms with Crippen LogP contribution in [-0.2, 0) is 14.8 Å². The summed E-state index contributed by atoms with van der Waals surface area (Å²) in [6.45, 7) is 11.9. The zero-order valence-electron chi connectivity index (χ0n) is 17.2. The van der Waals surface area contributed by atoms with Gasteiger partial charge >= 0.3 is 0 Å². The third-order valence-corrected chi connectivity index (χ3v) is 6.43. The molecule has 0 unspecified atom stereocenters. The van der Waals surface area contributed by atoms with Crippen molar-refractivity contribution in [2.75, 3.05) is 50.4 Å². The van der Waals surface area contributed by atoms with Gasteiger partial charge in [-0.3, -0.25) is 4.79 Å². The molecule has 0 N–H and O–H groups in total. The Labute approximate surface area is 164 Å². The lowest BCUT2D eigenvalue weighted by molar-refractivity contribution is -0.131. The van der Waals surface area contributed by atoms with Crippen LogP contribution >= 0.6 is 0 Å². The van der Waals surface area contributed by atoms with E-state index in [0.717, 1.165) is 13.1 Å². The maximum absolute atomic E-state index is 12.6. The van der Waals surface area contributed by atoms with Gasteiger partial charge in [-0.1, -0.05) is 26.0 Å². The maximum atomic E-state index is 12.6. The van der Waals surface area contributed by atoms with E-state index < -0.39 is 10.0 Å². The van der Waals surface area contributed by atoms with Crippen molar-refractivity contribution in [3.8, 4) is 0 Å². The molecule has 1 fully saturated rings. The fourth-order valence-electron chi connectivity index (χ4n) is 3.45. The number of benzene rings is 1. The van der Waals surface area contributed by atoms with Gasteiger partial charge in [0.05, 0.1) is 6.26 Å². The molecule has 1 aromatic carbocycles. The van der Waals surface area contributed by atoms with Crippen molar-refractivity contribution in [1.29, 1.82) is 0 Å². The molecule has 1 aromatic rings. The molecule has 152 valence electrons. The van der Waals surface area contributed by atoms with Crippen molar-refractivity contribution in [3.05, 3.63) is 29.3 Å². The zero-order chi connectivity index (χ0) is 20.2. The molecule has 0 bridgehead atoms. The summed E-state index contributed by atoms with van der Waals surface area (Å²) < 4.78 is 25.2. The van der Waals surface area contributed by atoms with Gasteiger partial charge in [-0.2, -0.15) is 0 Å². The van der Waals surface area contributed by atoms with Crippen LogP contribution in [0, 0.1) is 19.8 Å². The lowest BCUT2D eigenvalue weighted by atomic mass is 10.1. The zero-order valence-corrected chi connectivity index (χ0v) is 18.1. The Morgan fingerprint density at radius 3 is 2.33 bits per heavy atom. The Morgan fingerprint density at radius 2 is 1.78 bits per heavy atom. The number of rotatable bonds is 7. The van der Waals surface area contributed by atoms with Crippen molar-refractivity contribution in [2.45, 2.75) is 34.1 Å². The first-order valence-corrected chi connectivity index (χ1v) is 11.5. The first kappa shape index (κ1) is 21.7. The summed E-state index contributed by atoms with van der Waals surface area (Å²) in [6.07, 6.45) is 1.45. The summed E-state index contributed by atoms with van der Waals surface area (Å²) in [5, 5.41) is 0. The SMILES string of the molecule is Cc1cccc(N2CCN(C(=O)CCN(CC(C)C)S(C)(=O)=O)CC2)c1C. The van der Waals surface area contributed by atoms with Gasteiger partial charge in [-0.25, -0.2) is 12.7 Å². The second-order valence-electron chi connectivity index (χ2n) is 7.85. The number of anilines is 1. The van der Waals surface area contributed by atoms with E-state index in [4.69, 9.17) is 0 Å². The van der Waals surface area contributed by atoms with E-state index in [9.17, 15) is 13.2 Å². The highest BCUT2D eigenvalue weighted by Gasteiger charge is 2.24. The Morgan fingerprint density at radius 1 is 1.15 bits per heavy atom. The van der Waals surface area contributed by atoms with Crippen LogP contribution in [0.25, 0.3) is 0 Å². The summed E-state index contributed by atoms with van der Waals surface area (Å²) in [5.41, 5.74) is 3.80. The van der Waals surface area contributed by atoms with Crippen molar-refractivity contribution in [3.63, 3.8) is 0 Å². The fraction of sp³-hybridized carbons (Fsp3) is 0.650. The Bertz CT molecular complexity index is 754. The van der Waals surface area contributed by atoms with E-state index in [-0.39, 0.29) is 24.8 Å². The lowest BCUT2D eigenvalue weighted by Gasteiger charge is -2.37. The van der Waals surface area contributed by atoms with Crippen LogP contribution in [0.2, 0.25) is 0 Å². The van der Waals surface area contributed by atoms with E-state index in [0.29, 0.717) is 19.6 Å². The molecule has 0 aliphatic carbocycles. The third kappa shape index (κ3) is 5.94. The number of piperazine rings is 1. The minimum Gasteiger partial charge on any atom is -0.368 e. The molecule has 1 saturated heterocycles. The van der Waals surface area contributed by atoms with Crippen LogP contribution in [0.5, 0.6) is 0 Å². The topological polar surface area (TPSA) is 60.9 Å². The fourth-order valence-corrected chi connectivity index (χ4v) is 4.45. The molecule has 0 aromatic heterocycles. The van der Waals surface area contributed by atoms with Crippen molar-refractivity contribution < 1.29 is 13.2 Å². The third-order valence-electron chi connectivity index (χ3n) is 5.16. The smallest absolute Gasteiger partial charge is 0.224 e. The number of hydrogen-bond donors (Lipinski definition) is 0. The van der Waals surface area contributed by atoms with Crippen molar-refractivity contribution in [2.24, 2.45) is 5.92 Å². The molecule has 1 heterocycles. The van der Waals surface area contributed by atoms with E-state index in [1.54, 1.807) is 0 Å². The summed E-state index contributed by atoms with van der Waals surface area (Å²) in [6, 6.07) is 6.32. The lowest BCUT2D eigenvalue weighted by Crippen LogP contribution is -2.49. The van der Waals surface area contributed by atoms with Crippen LogP contribution in [0.4, 0.5) is 5.69 Å². The Balaban J connectivity index is 1.90. The standard InChI is InChI=1S/C20H33N3O3S/c1-16(2)15-23(27(5,25)26)10-9-20(24)22-13-11-21(12-14-22)19-8-6-7-17(3)18(19)4/h6-8,16H,9-15H2,1-5H3. The highest BCUT2D eigenvalue weighted by molar-refractivity contribution is 7.88. The number of amides is 1. The van der Waals surface area contributed by atoms with Crippen LogP contribution in [0.3, 0.4) is 0 Å². The number of nitrogens with zero attached hydrogens (tertiary/aromatic N) is 3. The average molecular weight is 396 g/mol. The van der Waals surface area contributed by atoms with Gasteiger partial charge in [0.1, 0.15) is 0 Å². The molecule has 0 atom stereocenters. The maximum Gasteiger partial charge on any atom is 0.224 e. The molecular formula is C20H33N3O3S. The molecule has 1 aliphatic rings. The minimum absolute atomic E-state index is 0.0352. The Hall–Kier alpha value is -1.60. The number of sulfonamides is 1. The average Bonchev–Trinajstić information content (AvgIpc) is 2.59. The summed E-state index contributed by atoms with van der Waals surface area (Å²) in [7, 11) is -3.29. The summed E-state index contributed by atoms with van der Waals surface area (Å²) in [5.74, 6) is 0.268. The normalized spacial score (nSPS) is 15.7. The molecule has 1 aliphatic heterocycles. The molecule has 0 radical (unpaired) electrons. The van der Waals surface area contributed by atoms with E-state index in [1.807, 2.05) is 18.7 Å². The van der Waals surface area contributed by atoms with E-state index in [1.165, 1.54) is 27.4 Å². The van der Waals surface area contributed by atoms with Gasteiger partial charge in [0.2, 0.25) is 15.9 Å². The number of carbonyl (C=O) groups is 1. The molecule has 6 nitrogen and oxygen atoms in total. The predicted molar refractivity (Wildman–Crippen MR) is 111 cm³/mol. The second-order valence-corrected chi connectivity index (χ2v) is 9.83. The molecule has 7 heteroatoms. The highest BCUT2D eigenvalue weighted by Crippen LogP contribution is 2.24. The minimum atomic E-state index is -3.29. The molecule has 0 spiro atoms. The van der Waals surface area contributed by atoms with Gasteiger partial charge in [0, 0.05) is 51.4 Å². The number of aryl methyl sites for hydroxylation is 1. The van der Waals surface area contributed by atoms with Gasteiger partial charge in [-0.15, -0.1) is 0 Å². The predicted octanol–water partition coefficient (Wildman–Crippen LogP) is 2.26. The molecule has 0 saturated carbocycles. The summed E-state index contributed by atoms with van der Waals surface area (Å²) >= 11 is 0. The Kier molecular flexibility index (Phi) is 7.28. The van der Waals surface area contributed by atoms with Crippen molar-refractivity contribution >= 4 is 21.6 Å². The summed E-state index contributed by atoms with van der Waals surface area (Å²) in [4.78, 5) is 16.8. The first-order chi connectivity index (χ1) is 12.6. The van der Waals surface area contributed by atoms with E-state index >= 15 is 0 Å². The van der Waals surface area contributed by atoms with Crippen LogP contribution in [-0.4, -0.2) is 69.1 Å². The molecule has 2 rings (SSSR count). The van der Waals surface area contributed by atoms with Gasteiger partial charge in [-0.05, 0) is 37.0 Å². The molecule has 27 heavy (non-hydrogen) atoms. The molecule has 1 amide bonds. The van der Waals surface area contributed by atoms with Gasteiger partial charge < -0.3 is 9.80 Å². The van der Waals surface area contributed by atoms with Gasteiger partial charge in [0.15, 0.2) is 0 Å². The van der Waals surface area contributed by atoms with E-state index in [2.05, 4.69) is 36.9 Å². The largest absolute Gasteiger partial charge is 0.368 e. The quantitative estimate of drug-likeness (QED) is 0.711. The van der Waals surface area contributed by atoms with Crippen molar-refractivity contribution in [1.82, 2.24) is 9.21 Å². The monoisotopic (exact) mass is 395 g/mol. The highest BCUT2D eigenvalue weighted by atomic mass is 32.2. The first-order valence-electron chi connectivity index (χ1n) is 9.63. The second kappa shape index (κ2) is 9.06. The van der Waals surface area contributed by atoms with Crippen LogP contribution in [0.1, 0.15) is 31.4 Å². The van der Waals surface area contributed by atoms with Crippen LogP contribution < -0.4 is 4.90 Å². The molecular weight excluding hydrogens is 362 g/mol. The van der Waals surface area contributed by atoms with Crippen LogP contribution in [0.15, 0.2) is 18.2 Å². The number of hydrogen-bond acceptors (Lipinski definition) is 4. The number of carbonyl (C=O) groups excluding carboxylic acids is 1.